The van der Waals surface area contributed by atoms with Crippen LogP contribution >= 0.6 is 0 Å². The molecule has 4 rings (SSSR count). The van der Waals surface area contributed by atoms with Crippen molar-refractivity contribution in [3.05, 3.63) is 54.6 Å². The van der Waals surface area contributed by atoms with E-state index < -0.39 is 0 Å². The highest BCUT2D eigenvalue weighted by Gasteiger charge is 2.21. The lowest BCUT2D eigenvalue weighted by atomic mass is 10.1. The van der Waals surface area contributed by atoms with Crippen LogP contribution in [0, 0.1) is 5.92 Å². The molecule has 0 spiro atoms. The predicted octanol–water partition coefficient (Wildman–Crippen LogP) is 4.07. The third kappa shape index (κ3) is 3.56. The Labute approximate surface area is 155 Å². The van der Waals surface area contributed by atoms with Gasteiger partial charge in [-0.25, -0.2) is 9.97 Å². The Kier molecular flexibility index (Phi) is 4.85. The smallest absolute Gasteiger partial charge is 0.226 e. The predicted molar refractivity (Wildman–Crippen MR) is 108 cm³/mol. The van der Waals surface area contributed by atoms with Crippen molar-refractivity contribution in [3.63, 3.8) is 0 Å². The van der Waals surface area contributed by atoms with Crippen molar-refractivity contribution >= 4 is 16.9 Å². The van der Waals surface area contributed by atoms with Crippen LogP contribution in [0.1, 0.15) is 13.8 Å². The van der Waals surface area contributed by atoms with E-state index in [1.54, 1.807) is 0 Å². The van der Waals surface area contributed by atoms with Crippen LogP contribution in [0.4, 0.5) is 5.95 Å². The van der Waals surface area contributed by atoms with Gasteiger partial charge in [-0.05, 0) is 12.0 Å². The summed E-state index contributed by atoms with van der Waals surface area (Å²) in [6.45, 7) is 9.86. The molecule has 0 atom stereocenters. The zero-order valence-corrected chi connectivity index (χ0v) is 15.6. The SMILES string of the molecule is CC(C)CN1CCN(c2nc(-c3ccccc3)c3ccccc3n2)CC1. The standard InChI is InChI=1S/C22H26N4/c1-17(2)16-25-12-14-26(15-13-25)22-23-20-11-7-6-10-19(20)21(24-22)18-8-4-3-5-9-18/h3-11,17H,12-16H2,1-2H3. The van der Waals surface area contributed by atoms with Gasteiger partial charge in [0, 0.05) is 43.7 Å². The summed E-state index contributed by atoms with van der Waals surface area (Å²) in [7, 11) is 0. The second kappa shape index (κ2) is 7.42. The molecule has 2 heterocycles. The lowest BCUT2D eigenvalue weighted by Gasteiger charge is -2.35. The number of hydrogen-bond acceptors (Lipinski definition) is 4. The maximum absolute atomic E-state index is 4.98. The molecule has 1 aliphatic heterocycles. The average Bonchev–Trinajstić information content (AvgIpc) is 2.68. The summed E-state index contributed by atoms with van der Waals surface area (Å²) in [6, 6.07) is 18.7. The van der Waals surface area contributed by atoms with Gasteiger partial charge in [0.05, 0.1) is 11.2 Å². The molecule has 4 heteroatoms. The monoisotopic (exact) mass is 346 g/mol. The summed E-state index contributed by atoms with van der Waals surface area (Å²) >= 11 is 0. The lowest BCUT2D eigenvalue weighted by Crippen LogP contribution is -2.48. The Hall–Kier alpha value is -2.46. The van der Waals surface area contributed by atoms with E-state index in [4.69, 9.17) is 9.97 Å². The summed E-state index contributed by atoms with van der Waals surface area (Å²) in [5.74, 6) is 1.56. The van der Waals surface area contributed by atoms with Gasteiger partial charge in [-0.1, -0.05) is 62.4 Å². The van der Waals surface area contributed by atoms with E-state index in [0.717, 1.165) is 54.3 Å². The summed E-state index contributed by atoms with van der Waals surface area (Å²) in [5, 5.41) is 1.11. The Balaban J connectivity index is 1.67. The Morgan fingerprint density at radius 3 is 2.27 bits per heavy atom. The minimum absolute atomic E-state index is 0.711. The number of aromatic nitrogens is 2. The van der Waals surface area contributed by atoms with Crippen LogP contribution in [0.2, 0.25) is 0 Å². The van der Waals surface area contributed by atoms with Gasteiger partial charge in [-0.15, -0.1) is 0 Å². The fraction of sp³-hybridized carbons (Fsp3) is 0.364. The van der Waals surface area contributed by atoms with Gasteiger partial charge < -0.3 is 4.90 Å². The molecule has 0 N–H and O–H groups in total. The molecule has 3 aromatic rings. The molecular formula is C22H26N4. The first-order valence-electron chi connectivity index (χ1n) is 9.50. The minimum atomic E-state index is 0.711. The van der Waals surface area contributed by atoms with Gasteiger partial charge in [0.1, 0.15) is 0 Å². The Bertz CT molecular complexity index is 868. The molecule has 0 aliphatic carbocycles. The summed E-state index contributed by atoms with van der Waals surface area (Å²) in [4.78, 5) is 14.7. The van der Waals surface area contributed by atoms with Crippen molar-refractivity contribution in [3.8, 4) is 11.3 Å². The molecule has 2 aromatic carbocycles. The van der Waals surface area contributed by atoms with E-state index in [0.29, 0.717) is 5.92 Å². The second-order valence-electron chi connectivity index (χ2n) is 7.44. The van der Waals surface area contributed by atoms with Gasteiger partial charge in [0.25, 0.3) is 0 Å². The zero-order valence-electron chi connectivity index (χ0n) is 15.6. The minimum Gasteiger partial charge on any atom is -0.338 e. The third-order valence-corrected chi connectivity index (χ3v) is 4.92. The van der Waals surface area contributed by atoms with Crippen LogP contribution in [0.5, 0.6) is 0 Å². The zero-order chi connectivity index (χ0) is 17.9. The lowest BCUT2D eigenvalue weighted by molar-refractivity contribution is 0.230. The van der Waals surface area contributed by atoms with Gasteiger partial charge in [0.2, 0.25) is 5.95 Å². The van der Waals surface area contributed by atoms with Crippen LogP contribution < -0.4 is 4.90 Å². The molecule has 0 bridgehead atoms. The van der Waals surface area contributed by atoms with Gasteiger partial charge in [0.15, 0.2) is 0 Å². The highest BCUT2D eigenvalue weighted by atomic mass is 15.3. The quantitative estimate of drug-likeness (QED) is 0.713. The number of fused-ring (bicyclic) bond motifs is 1. The Morgan fingerprint density at radius 2 is 1.54 bits per heavy atom. The average molecular weight is 346 g/mol. The van der Waals surface area contributed by atoms with Crippen molar-refractivity contribution < 1.29 is 0 Å². The van der Waals surface area contributed by atoms with Crippen molar-refractivity contribution in [2.45, 2.75) is 13.8 Å². The largest absolute Gasteiger partial charge is 0.338 e. The first-order valence-corrected chi connectivity index (χ1v) is 9.50. The fourth-order valence-corrected chi connectivity index (χ4v) is 3.67. The maximum atomic E-state index is 4.98. The van der Waals surface area contributed by atoms with Crippen LogP contribution in [-0.4, -0.2) is 47.6 Å². The van der Waals surface area contributed by atoms with Crippen molar-refractivity contribution in [1.29, 1.82) is 0 Å². The molecule has 0 saturated carbocycles. The third-order valence-electron chi connectivity index (χ3n) is 4.92. The van der Waals surface area contributed by atoms with Crippen LogP contribution in [-0.2, 0) is 0 Å². The van der Waals surface area contributed by atoms with Crippen molar-refractivity contribution in [2.75, 3.05) is 37.6 Å². The molecular weight excluding hydrogens is 320 g/mol. The number of rotatable bonds is 4. The molecule has 1 fully saturated rings. The van der Waals surface area contributed by atoms with Crippen molar-refractivity contribution in [2.24, 2.45) is 5.92 Å². The fourth-order valence-electron chi connectivity index (χ4n) is 3.67. The number of anilines is 1. The first-order chi connectivity index (χ1) is 12.7. The van der Waals surface area contributed by atoms with Gasteiger partial charge in [-0.3, -0.25) is 4.90 Å². The maximum Gasteiger partial charge on any atom is 0.226 e. The molecule has 0 radical (unpaired) electrons. The van der Waals surface area contributed by atoms with Gasteiger partial charge in [-0.2, -0.15) is 0 Å². The topological polar surface area (TPSA) is 32.3 Å². The molecule has 26 heavy (non-hydrogen) atoms. The van der Waals surface area contributed by atoms with E-state index in [-0.39, 0.29) is 0 Å². The highest BCUT2D eigenvalue weighted by molar-refractivity contribution is 5.93. The number of benzene rings is 2. The molecule has 1 aromatic heterocycles. The normalized spacial score (nSPS) is 15.7. The van der Waals surface area contributed by atoms with E-state index in [9.17, 15) is 0 Å². The molecule has 4 nitrogen and oxygen atoms in total. The van der Waals surface area contributed by atoms with Gasteiger partial charge >= 0.3 is 0 Å². The van der Waals surface area contributed by atoms with Crippen LogP contribution in [0.25, 0.3) is 22.2 Å². The number of hydrogen-bond donors (Lipinski definition) is 0. The molecule has 1 saturated heterocycles. The van der Waals surface area contributed by atoms with Crippen molar-refractivity contribution in [1.82, 2.24) is 14.9 Å². The number of piperazine rings is 1. The number of para-hydroxylation sites is 1. The summed E-state index contributed by atoms with van der Waals surface area (Å²) < 4.78 is 0. The molecule has 0 amide bonds. The van der Waals surface area contributed by atoms with E-state index in [1.165, 1.54) is 6.54 Å². The van der Waals surface area contributed by atoms with E-state index in [1.807, 2.05) is 6.07 Å². The first kappa shape index (κ1) is 17.0. The second-order valence-corrected chi connectivity index (χ2v) is 7.44. The summed E-state index contributed by atoms with van der Waals surface area (Å²) in [6.07, 6.45) is 0. The molecule has 1 aliphatic rings. The van der Waals surface area contributed by atoms with E-state index in [2.05, 4.69) is 72.2 Å². The van der Waals surface area contributed by atoms with E-state index >= 15 is 0 Å². The molecule has 0 unspecified atom stereocenters. The van der Waals surface area contributed by atoms with Crippen LogP contribution in [0.3, 0.4) is 0 Å². The number of nitrogens with zero attached hydrogens (tertiary/aromatic N) is 4. The Morgan fingerprint density at radius 1 is 0.846 bits per heavy atom. The van der Waals surface area contributed by atoms with Crippen LogP contribution in [0.15, 0.2) is 54.6 Å². The highest BCUT2D eigenvalue weighted by Crippen LogP contribution is 2.28. The molecule has 134 valence electrons. The summed E-state index contributed by atoms with van der Waals surface area (Å²) in [5.41, 5.74) is 3.18.